The zero-order valence-electron chi connectivity index (χ0n) is 16.0. The molecule has 2 rings (SSSR count). The highest BCUT2D eigenvalue weighted by atomic mass is 35.5. The van der Waals surface area contributed by atoms with E-state index in [0.717, 1.165) is 4.90 Å². The molecule has 0 aromatic heterocycles. The van der Waals surface area contributed by atoms with Crippen LogP contribution in [0.3, 0.4) is 0 Å². The lowest BCUT2D eigenvalue weighted by molar-refractivity contribution is -0.385. The first-order valence-corrected chi connectivity index (χ1v) is 10.2. The van der Waals surface area contributed by atoms with Crippen molar-refractivity contribution >= 4 is 40.9 Å². The summed E-state index contributed by atoms with van der Waals surface area (Å²) in [5, 5.41) is 14.7. The molecule has 0 saturated carbocycles. The third kappa shape index (κ3) is 7.40. The summed E-state index contributed by atoms with van der Waals surface area (Å²) < 4.78 is 5.15. The molecule has 0 spiro atoms. The average Bonchev–Trinajstić information content (AvgIpc) is 2.66. The van der Waals surface area contributed by atoms with Gasteiger partial charge in [-0.2, -0.15) is 0 Å². The fourth-order valence-corrected chi connectivity index (χ4v) is 3.42. The highest BCUT2D eigenvalue weighted by Crippen LogP contribution is 2.28. The van der Waals surface area contributed by atoms with Gasteiger partial charge in [-0.25, -0.2) is 0 Å². The SMILES string of the molecule is CC(C)OC(=O)CC(NC(=O)CSc1ccc(Cl)cc1)c1ccccc1[N+](=O)[O-]. The van der Waals surface area contributed by atoms with Crippen molar-refractivity contribution in [1.82, 2.24) is 5.32 Å². The molecule has 0 aliphatic carbocycles. The van der Waals surface area contributed by atoms with Crippen LogP contribution in [0.15, 0.2) is 53.4 Å². The van der Waals surface area contributed by atoms with Gasteiger partial charge in [0.25, 0.3) is 5.69 Å². The van der Waals surface area contributed by atoms with Gasteiger partial charge in [0.1, 0.15) is 0 Å². The van der Waals surface area contributed by atoms with E-state index in [-0.39, 0.29) is 35.4 Å². The van der Waals surface area contributed by atoms with Crippen molar-refractivity contribution in [2.75, 3.05) is 5.75 Å². The van der Waals surface area contributed by atoms with Crippen LogP contribution < -0.4 is 5.32 Å². The Morgan fingerprint density at radius 3 is 2.45 bits per heavy atom. The number of nitro groups is 1. The van der Waals surface area contributed by atoms with E-state index in [0.29, 0.717) is 5.02 Å². The molecule has 1 amide bonds. The molecule has 7 nitrogen and oxygen atoms in total. The number of para-hydroxylation sites is 1. The smallest absolute Gasteiger partial charge is 0.308 e. The summed E-state index contributed by atoms with van der Waals surface area (Å²) in [5.74, 6) is -0.822. The van der Waals surface area contributed by atoms with Crippen molar-refractivity contribution in [1.29, 1.82) is 0 Å². The molecule has 0 fully saturated rings. The van der Waals surface area contributed by atoms with Gasteiger partial charge in [-0.1, -0.05) is 29.8 Å². The highest BCUT2D eigenvalue weighted by molar-refractivity contribution is 8.00. The Labute approximate surface area is 177 Å². The molecular weight excluding hydrogens is 416 g/mol. The minimum absolute atomic E-state index is 0.0813. The van der Waals surface area contributed by atoms with Gasteiger partial charge in [0.15, 0.2) is 0 Å². The number of rotatable bonds is 9. The van der Waals surface area contributed by atoms with Crippen LogP contribution in [0.4, 0.5) is 5.69 Å². The van der Waals surface area contributed by atoms with Crippen LogP contribution in [0.2, 0.25) is 5.02 Å². The molecule has 9 heteroatoms. The molecule has 0 aliphatic rings. The first kappa shape index (κ1) is 22.7. The second-order valence-corrected chi connectivity index (χ2v) is 7.91. The Morgan fingerprint density at radius 1 is 1.17 bits per heavy atom. The van der Waals surface area contributed by atoms with Crippen molar-refractivity contribution in [3.8, 4) is 0 Å². The number of hydrogen-bond donors (Lipinski definition) is 1. The van der Waals surface area contributed by atoms with E-state index in [4.69, 9.17) is 16.3 Å². The summed E-state index contributed by atoms with van der Waals surface area (Å²) >= 11 is 7.14. The standard InChI is InChI=1S/C20H21ClN2O5S/c1-13(2)28-20(25)11-17(16-5-3-4-6-18(16)23(26)27)22-19(24)12-29-15-9-7-14(21)8-10-15/h3-10,13,17H,11-12H2,1-2H3,(H,22,24). The van der Waals surface area contributed by atoms with Gasteiger partial charge in [0.2, 0.25) is 5.91 Å². The van der Waals surface area contributed by atoms with Crippen LogP contribution in [0.1, 0.15) is 31.9 Å². The zero-order chi connectivity index (χ0) is 21.4. The summed E-state index contributed by atoms with van der Waals surface area (Å²) in [5.41, 5.74) is 0.0866. The van der Waals surface area contributed by atoms with E-state index in [1.807, 2.05) is 0 Å². The van der Waals surface area contributed by atoms with E-state index < -0.39 is 16.9 Å². The number of esters is 1. The normalized spacial score (nSPS) is 11.7. The van der Waals surface area contributed by atoms with Gasteiger partial charge in [0, 0.05) is 16.0 Å². The van der Waals surface area contributed by atoms with Gasteiger partial charge in [-0.15, -0.1) is 11.8 Å². The molecule has 1 atom stereocenters. The van der Waals surface area contributed by atoms with Gasteiger partial charge in [-0.05, 0) is 38.1 Å². The maximum atomic E-state index is 12.5. The first-order chi connectivity index (χ1) is 13.8. The topological polar surface area (TPSA) is 98.5 Å². The molecule has 0 aliphatic heterocycles. The number of amides is 1. The molecule has 0 radical (unpaired) electrons. The van der Waals surface area contributed by atoms with Crippen molar-refractivity contribution in [3.05, 3.63) is 69.2 Å². The largest absolute Gasteiger partial charge is 0.463 e. The van der Waals surface area contributed by atoms with Gasteiger partial charge >= 0.3 is 5.97 Å². The van der Waals surface area contributed by atoms with Crippen LogP contribution >= 0.6 is 23.4 Å². The third-order valence-electron chi connectivity index (χ3n) is 3.77. The first-order valence-electron chi connectivity index (χ1n) is 8.86. The molecule has 0 saturated heterocycles. The lowest BCUT2D eigenvalue weighted by Gasteiger charge is -2.19. The second kappa shape index (κ2) is 10.8. The monoisotopic (exact) mass is 436 g/mol. The predicted octanol–water partition coefficient (Wildman–Crippen LogP) is 4.54. The number of nitrogens with one attached hydrogen (secondary N) is 1. The van der Waals surface area contributed by atoms with Crippen molar-refractivity contribution < 1.29 is 19.2 Å². The van der Waals surface area contributed by atoms with Crippen LogP contribution in [0, 0.1) is 10.1 Å². The summed E-state index contributed by atoms with van der Waals surface area (Å²) in [6.07, 6.45) is -0.537. The molecule has 1 unspecified atom stereocenters. The van der Waals surface area contributed by atoms with E-state index in [1.165, 1.54) is 30.0 Å². The minimum atomic E-state index is -0.874. The number of nitro benzene ring substituents is 1. The number of halogens is 1. The number of carbonyl (C=O) groups excluding carboxylic acids is 2. The van der Waals surface area contributed by atoms with Crippen molar-refractivity contribution in [3.63, 3.8) is 0 Å². The number of carbonyl (C=O) groups is 2. The molecule has 2 aromatic carbocycles. The summed E-state index contributed by atoms with van der Waals surface area (Å²) in [6.45, 7) is 3.42. The Balaban J connectivity index is 2.14. The number of benzene rings is 2. The summed E-state index contributed by atoms with van der Waals surface area (Å²) in [6, 6.07) is 12.2. The number of hydrogen-bond acceptors (Lipinski definition) is 6. The molecular formula is C20H21ClN2O5S. The second-order valence-electron chi connectivity index (χ2n) is 6.42. The molecule has 2 aromatic rings. The highest BCUT2D eigenvalue weighted by Gasteiger charge is 2.26. The lowest BCUT2D eigenvalue weighted by Crippen LogP contribution is -2.32. The van der Waals surface area contributed by atoms with Crippen molar-refractivity contribution in [2.24, 2.45) is 0 Å². The molecule has 1 N–H and O–H groups in total. The van der Waals surface area contributed by atoms with Gasteiger partial charge in [0.05, 0.1) is 34.8 Å². The van der Waals surface area contributed by atoms with E-state index in [1.54, 1.807) is 44.2 Å². The zero-order valence-corrected chi connectivity index (χ0v) is 17.5. The van der Waals surface area contributed by atoms with Gasteiger partial charge < -0.3 is 10.1 Å². The summed E-state index contributed by atoms with van der Waals surface area (Å²) in [4.78, 5) is 36.3. The molecule has 29 heavy (non-hydrogen) atoms. The number of nitrogens with zero attached hydrogens (tertiary/aromatic N) is 1. The maximum absolute atomic E-state index is 12.5. The summed E-state index contributed by atoms with van der Waals surface area (Å²) in [7, 11) is 0. The fraction of sp³-hybridized carbons (Fsp3) is 0.300. The minimum Gasteiger partial charge on any atom is -0.463 e. The van der Waals surface area contributed by atoms with E-state index in [2.05, 4.69) is 5.32 Å². The Hall–Kier alpha value is -2.58. The van der Waals surface area contributed by atoms with E-state index in [9.17, 15) is 19.7 Å². The quantitative estimate of drug-likeness (QED) is 0.268. The average molecular weight is 437 g/mol. The number of ether oxygens (including phenoxy) is 1. The maximum Gasteiger partial charge on any atom is 0.308 e. The van der Waals surface area contributed by atoms with Gasteiger partial charge in [-0.3, -0.25) is 19.7 Å². The Morgan fingerprint density at radius 2 is 1.83 bits per heavy atom. The van der Waals surface area contributed by atoms with Crippen molar-refractivity contribution in [2.45, 2.75) is 37.3 Å². The lowest BCUT2D eigenvalue weighted by atomic mass is 10.0. The third-order valence-corrected chi connectivity index (χ3v) is 5.03. The number of thioether (sulfide) groups is 1. The van der Waals surface area contributed by atoms with Crippen LogP contribution in [0.5, 0.6) is 0 Å². The predicted molar refractivity (Wildman–Crippen MR) is 112 cm³/mol. The fourth-order valence-electron chi connectivity index (χ4n) is 2.58. The Bertz CT molecular complexity index is 873. The molecule has 0 bridgehead atoms. The molecule has 154 valence electrons. The van der Waals surface area contributed by atoms with Crippen LogP contribution in [-0.2, 0) is 14.3 Å². The van der Waals surface area contributed by atoms with E-state index >= 15 is 0 Å². The Kier molecular flexibility index (Phi) is 8.48. The van der Waals surface area contributed by atoms with Crippen LogP contribution in [-0.4, -0.2) is 28.7 Å². The van der Waals surface area contributed by atoms with Crippen LogP contribution in [0.25, 0.3) is 0 Å². The molecule has 0 heterocycles.